The predicted molar refractivity (Wildman–Crippen MR) is 91.7 cm³/mol. The van der Waals surface area contributed by atoms with Gasteiger partial charge in [-0.1, -0.05) is 29.8 Å². The Hall–Kier alpha value is -1.23. The normalized spacial score (nSPS) is 13.2. The molecule has 3 nitrogen and oxygen atoms in total. The topological polar surface area (TPSA) is 42.4 Å². The van der Waals surface area contributed by atoms with Gasteiger partial charge in [0.05, 0.1) is 5.60 Å². The second kappa shape index (κ2) is 6.90. The summed E-state index contributed by atoms with van der Waals surface area (Å²) in [7, 11) is 0. The fraction of sp³-hybridized carbons (Fsp3) is 0.389. The standard InChI is InChI=1S/C18H22BrNO2/c1-12-5-7-14(10-13-6-8-16(19)20-11-13)15(9-12)17(21)22-18(2,3)4/h5-9,11,17,21H,10H2,1-4H3. The van der Waals surface area contributed by atoms with E-state index in [0.29, 0.717) is 6.42 Å². The fourth-order valence-corrected chi connectivity index (χ4v) is 2.47. The molecule has 1 aromatic carbocycles. The molecular weight excluding hydrogens is 342 g/mol. The van der Waals surface area contributed by atoms with E-state index in [2.05, 4.69) is 27.0 Å². The lowest BCUT2D eigenvalue weighted by atomic mass is 9.98. The molecule has 0 aliphatic carbocycles. The van der Waals surface area contributed by atoms with Crippen LogP contribution in [0, 0.1) is 6.92 Å². The smallest absolute Gasteiger partial charge is 0.182 e. The molecule has 22 heavy (non-hydrogen) atoms. The van der Waals surface area contributed by atoms with E-state index < -0.39 is 11.9 Å². The van der Waals surface area contributed by atoms with Crippen molar-refractivity contribution >= 4 is 15.9 Å². The number of hydrogen-bond acceptors (Lipinski definition) is 3. The molecule has 118 valence electrons. The first-order valence-corrected chi connectivity index (χ1v) is 8.09. The number of nitrogens with zero attached hydrogens (tertiary/aromatic N) is 1. The number of aryl methyl sites for hydroxylation is 1. The number of hydrogen-bond donors (Lipinski definition) is 1. The molecule has 2 rings (SSSR count). The number of rotatable bonds is 4. The van der Waals surface area contributed by atoms with E-state index in [4.69, 9.17) is 4.74 Å². The maximum absolute atomic E-state index is 10.4. The maximum Gasteiger partial charge on any atom is 0.182 e. The SMILES string of the molecule is Cc1ccc(Cc2ccc(Br)nc2)c(C(O)OC(C)(C)C)c1. The summed E-state index contributed by atoms with van der Waals surface area (Å²) in [4.78, 5) is 4.25. The average molecular weight is 364 g/mol. The second-order valence-corrected chi connectivity index (χ2v) is 7.26. The number of benzene rings is 1. The highest BCUT2D eigenvalue weighted by atomic mass is 79.9. The molecule has 0 aliphatic heterocycles. The van der Waals surface area contributed by atoms with Gasteiger partial charge in [0.1, 0.15) is 4.60 Å². The van der Waals surface area contributed by atoms with Gasteiger partial charge in [-0.25, -0.2) is 4.98 Å². The highest BCUT2D eigenvalue weighted by molar-refractivity contribution is 9.10. The Kier molecular flexibility index (Phi) is 5.37. The Morgan fingerprint density at radius 2 is 1.95 bits per heavy atom. The number of ether oxygens (including phenoxy) is 1. The molecule has 0 aliphatic rings. The van der Waals surface area contributed by atoms with E-state index in [9.17, 15) is 5.11 Å². The molecule has 0 spiro atoms. The summed E-state index contributed by atoms with van der Waals surface area (Å²) >= 11 is 3.34. The van der Waals surface area contributed by atoms with Crippen LogP contribution >= 0.6 is 15.9 Å². The molecule has 0 saturated carbocycles. The third-order valence-electron chi connectivity index (χ3n) is 3.22. The minimum absolute atomic E-state index is 0.403. The summed E-state index contributed by atoms with van der Waals surface area (Å²) in [5, 5.41) is 10.4. The summed E-state index contributed by atoms with van der Waals surface area (Å²) in [6, 6.07) is 10.0. The van der Waals surface area contributed by atoms with Gasteiger partial charge in [-0.15, -0.1) is 0 Å². The van der Waals surface area contributed by atoms with Crippen LogP contribution < -0.4 is 0 Å². The summed E-state index contributed by atoms with van der Waals surface area (Å²) in [6.45, 7) is 7.82. The Morgan fingerprint density at radius 1 is 1.23 bits per heavy atom. The highest BCUT2D eigenvalue weighted by Crippen LogP contribution is 2.27. The minimum atomic E-state index is -0.932. The fourth-order valence-electron chi connectivity index (χ4n) is 2.23. The van der Waals surface area contributed by atoms with Crippen molar-refractivity contribution in [1.82, 2.24) is 4.98 Å². The lowest BCUT2D eigenvalue weighted by Crippen LogP contribution is -2.23. The zero-order valence-corrected chi connectivity index (χ0v) is 15.0. The first-order chi connectivity index (χ1) is 10.2. The van der Waals surface area contributed by atoms with E-state index in [1.807, 2.05) is 58.2 Å². The lowest BCUT2D eigenvalue weighted by Gasteiger charge is -2.26. The third kappa shape index (κ3) is 4.90. The van der Waals surface area contributed by atoms with Crippen molar-refractivity contribution in [3.8, 4) is 0 Å². The van der Waals surface area contributed by atoms with Crippen LogP contribution in [0.15, 0.2) is 41.1 Å². The molecule has 4 heteroatoms. The van der Waals surface area contributed by atoms with Crippen molar-refractivity contribution in [2.24, 2.45) is 0 Å². The average Bonchev–Trinajstić information content (AvgIpc) is 2.41. The van der Waals surface area contributed by atoms with Gasteiger partial charge < -0.3 is 9.84 Å². The molecular formula is C18H22BrNO2. The van der Waals surface area contributed by atoms with Gasteiger partial charge in [0, 0.05) is 11.8 Å². The molecule has 1 heterocycles. The van der Waals surface area contributed by atoms with Crippen molar-refractivity contribution in [3.63, 3.8) is 0 Å². The zero-order chi connectivity index (χ0) is 16.3. The van der Waals surface area contributed by atoms with E-state index in [1.54, 1.807) is 0 Å². The quantitative estimate of drug-likeness (QED) is 0.639. The predicted octanol–water partition coefficient (Wildman–Crippen LogP) is 4.55. The molecule has 1 aromatic heterocycles. The van der Waals surface area contributed by atoms with Crippen LogP contribution in [0.25, 0.3) is 0 Å². The third-order valence-corrected chi connectivity index (χ3v) is 3.68. The van der Waals surface area contributed by atoms with Crippen LogP contribution in [0.5, 0.6) is 0 Å². The van der Waals surface area contributed by atoms with Crippen LogP contribution in [-0.2, 0) is 11.2 Å². The number of aliphatic hydroxyl groups is 1. The van der Waals surface area contributed by atoms with Crippen molar-refractivity contribution in [3.05, 3.63) is 63.4 Å². The molecule has 1 atom stereocenters. The van der Waals surface area contributed by atoms with Gasteiger partial charge in [0.25, 0.3) is 0 Å². The lowest BCUT2D eigenvalue weighted by molar-refractivity contribution is -0.169. The molecule has 0 bridgehead atoms. The van der Waals surface area contributed by atoms with Crippen LogP contribution in [0.4, 0.5) is 0 Å². The molecule has 1 N–H and O–H groups in total. The van der Waals surface area contributed by atoms with E-state index in [-0.39, 0.29) is 0 Å². The molecule has 0 fully saturated rings. The van der Waals surface area contributed by atoms with Gasteiger partial charge in [-0.3, -0.25) is 0 Å². The monoisotopic (exact) mass is 363 g/mol. The summed E-state index contributed by atoms with van der Waals surface area (Å²) < 4.78 is 6.52. The maximum atomic E-state index is 10.4. The van der Waals surface area contributed by atoms with Gasteiger partial charge in [0.2, 0.25) is 0 Å². The zero-order valence-electron chi connectivity index (χ0n) is 13.4. The number of pyridine rings is 1. The Labute approximate surface area is 140 Å². The van der Waals surface area contributed by atoms with Crippen molar-refractivity contribution in [2.45, 2.75) is 46.0 Å². The molecule has 1 unspecified atom stereocenters. The molecule has 2 aromatic rings. The number of aromatic nitrogens is 1. The minimum Gasteiger partial charge on any atom is -0.364 e. The second-order valence-electron chi connectivity index (χ2n) is 6.45. The molecule has 0 amide bonds. The van der Waals surface area contributed by atoms with E-state index in [0.717, 1.165) is 26.9 Å². The summed E-state index contributed by atoms with van der Waals surface area (Å²) in [5.74, 6) is 0. The van der Waals surface area contributed by atoms with Gasteiger partial charge >= 0.3 is 0 Å². The van der Waals surface area contributed by atoms with Crippen molar-refractivity contribution in [1.29, 1.82) is 0 Å². The van der Waals surface area contributed by atoms with Gasteiger partial charge in [0.15, 0.2) is 6.29 Å². The first kappa shape index (κ1) is 17.1. The van der Waals surface area contributed by atoms with Gasteiger partial charge in [-0.2, -0.15) is 0 Å². The summed E-state index contributed by atoms with van der Waals surface area (Å²) in [6.07, 6.45) is 1.61. The molecule has 0 saturated heterocycles. The largest absolute Gasteiger partial charge is 0.364 e. The Bertz CT molecular complexity index is 633. The van der Waals surface area contributed by atoms with E-state index in [1.165, 1.54) is 0 Å². The highest BCUT2D eigenvalue weighted by Gasteiger charge is 2.20. The van der Waals surface area contributed by atoms with E-state index >= 15 is 0 Å². The first-order valence-electron chi connectivity index (χ1n) is 7.30. The van der Waals surface area contributed by atoms with Crippen LogP contribution in [-0.4, -0.2) is 15.7 Å². The number of halogens is 1. The number of aliphatic hydroxyl groups excluding tert-OH is 1. The van der Waals surface area contributed by atoms with Crippen LogP contribution in [0.1, 0.15) is 49.3 Å². The van der Waals surface area contributed by atoms with Crippen LogP contribution in [0.3, 0.4) is 0 Å². The van der Waals surface area contributed by atoms with Crippen molar-refractivity contribution in [2.75, 3.05) is 0 Å². The summed E-state index contributed by atoms with van der Waals surface area (Å²) in [5.41, 5.74) is 3.66. The Morgan fingerprint density at radius 3 is 2.55 bits per heavy atom. The van der Waals surface area contributed by atoms with Crippen molar-refractivity contribution < 1.29 is 9.84 Å². The molecule has 0 radical (unpaired) electrons. The van der Waals surface area contributed by atoms with Crippen LogP contribution in [0.2, 0.25) is 0 Å². The van der Waals surface area contributed by atoms with Gasteiger partial charge in [-0.05, 0) is 67.2 Å². The Balaban J connectivity index is 2.29.